The zero-order valence-corrected chi connectivity index (χ0v) is 19.9. The fraction of sp³-hybridized carbons (Fsp3) is 0.231. The van der Waals surface area contributed by atoms with E-state index in [0.29, 0.717) is 29.3 Å². The number of non-ortho nitro benzene ring substituents is 1. The van der Waals surface area contributed by atoms with E-state index < -0.39 is 34.8 Å². The van der Waals surface area contributed by atoms with Crippen LogP contribution in [0.2, 0.25) is 0 Å². The molecule has 0 spiro atoms. The number of imide groups is 1. The first-order valence-electron chi connectivity index (χ1n) is 11.5. The molecule has 2 amide bonds. The molecule has 3 aromatic carbocycles. The number of methoxy groups -OCH3 is 1. The summed E-state index contributed by atoms with van der Waals surface area (Å²) in [6.45, 7) is 2.33. The maximum Gasteiger partial charge on any atom is 0.271 e. The van der Waals surface area contributed by atoms with Gasteiger partial charge in [-0.15, -0.1) is 0 Å². The number of amides is 2. The number of phenols is 1. The third-order valence-corrected chi connectivity index (χ3v) is 6.36. The molecule has 2 fully saturated rings. The van der Waals surface area contributed by atoms with Crippen LogP contribution in [0.15, 0.2) is 66.7 Å². The first-order valence-corrected chi connectivity index (χ1v) is 11.5. The second-order valence-corrected chi connectivity index (χ2v) is 8.47. The SMILES string of the molecule is CCOc1ccc(N2C(=O)[C@H]3[C@H](ON(c4cccc([N+](=O)[O-])c4)[C@@H]3c3ccc(O)c(OC)c3)C2=O)cc1. The van der Waals surface area contributed by atoms with Gasteiger partial charge in [-0.1, -0.05) is 12.1 Å². The van der Waals surface area contributed by atoms with Crippen LogP contribution < -0.4 is 19.4 Å². The number of phenolic OH excluding ortho intramolecular Hbond substituents is 1. The van der Waals surface area contributed by atoms with Gasteiger partial charge in [0.25, 0.3) is 11.6 Å². The van der Waals surface area contributed by atoms with Crippen LogP contribution in [0.25, 0.3) is 0 Å². The summed E-state index contributed by atoms with van der Waals surface area (Å²) < 4.78 is 10.7. The van der Waals surface area contributed by atoms with E-state index >= 15 is 0 Å². The molecule has 0 radical (unpaired) electrons. The molecule has 2 aliphatic rings. The third-order valence-electron chi connectivity index (χ3n) is 6.36. The van der Waals surface area contributed by atoms with Gasteiger partial charge in [0, 0.05) is 12.1 Å². The van der Waals surface area contributed by atoms with Gasteiger partial charge in [0.15, 0.2) is 17.6 Å². The number of hydrogen-bond donors (Lipinski definition) is 1. The van der Waals surface area contributed by atoms with Crippen LogP contribution in [-0.2, 0) is 14.4 Å². The molecule has 3 aromatic rings. The van der Waals surface area contributed by atoms with Crippen molar-refractivity contribution in [3.63, 3.8) is 0 Å². The summed E-state index contributed by atoms with van der Waals surface area (Å²) >= 11 is 0. The van der Waals surface area contributed by atoms with Crippen molar-refractivity contribution in [2.75, 3.05) is 23.7 Å². The molecule has 0 unspecified atom stereocenters. The van der Waals surface area contributed by atoms with E-state index in [9.17, 15) is 24.8 Å². The summed E-state index contributed by atoms with van der Waals surface area (Å²) in [5.74, 6) is -1.33. The summed E-state index contributed by atoms with van der Waals surface area (Å²) in [7, 11) is 1.39. The van der Waals surface area contributed by atoms with Gasteiger partial charge in [0.2, 0.25) is 5.91 Å². The largest absolute Gasteiger partial charge is 0.504 e. The fourth-order valence-electron chi connectivity index (χ4n) is 4.71. The Labute approximate surface area is 211 Å². The van der Waals surface area contributed by atoms with Crippen molar-refractivity contribution in [1.29, 1.82) is 0 Å². The molecule has 2 aliphatic heterocycles. The lowest BCUT2D eigenvalue weighted by atomic mass is 9.90. The van der Waals surface area contributed by atoms with Crippen molar-refractivity contribution in [3.05, 3.63) is 82.4 Å². The fourth-order valence-corrected chi connectivity index (χ4v) is 4.71. The molecule has 3 atom stereocenters. The Hall–Kier alpha value is -4.64. The summed E-state index contributed by atoms with van der Waals surface area (Å²) in [6, 6.07) is 16.0. The van der Waals surface area contributed by atoms with Crippen molar-refractivity contribution < 1.29 is 33.9 Å². The van der Waals surface area contributed by atoms with Gasteiger partial charge in [0.05, 0.1) is 36.1 Å². The first kappa shape index (κ1) is 24.1. The van der Waals surface area contributed by atoms with Gasteiger partial charge in [-0.25, -0.2) is 9.96 Å². The molecular weight excluding hydrogens is 482 g/mol. The van der Waals surface area contributed by atoms with Gasteiger partial charge in [-0.05, 0) is 55.0 Å². The number of aromatic hydroxyl groups is 1. The highest BCUT2D eigenvalue weighted by atomic mass is 16.7. The van der Waals surface area contributed by atoms with Crippen LogP contribution in [0, 0.1) is 16.0 Å². The second-order valence-electron chi connectivity index (χ2n) is 8.47. The molecule has 37 heavy (non-hydrogen) atoms. The van der Waals surface area contributed by atoms with E-state index in [1.165, 1.54) is 36.4 Å². The summed E-state index contributed by atoms with van der Waals surface area (Å²) in [6.07, 6.45) is -1.16. The number of nitro benzene ring substituents is 1. The number of rotatable bonds is 7. The molecule has 0 aromatic heterocycles. The molecular formula is C26H23N3O8. The van der Waals surface area contributed by atoms with Crippen LogP contribution in [-0.4, -0.2) is 41.7 Å². The van der Waals surface area contributed by atoms with E-state index in [2.05, 4.69) is 0 Å². The molecule has 0 bridgehead atoms. The van der Waals surface area contributed by atoms with E-state index in [1.54, 1.807) is 42.5 Å². The molecule has 0 aliphatic carbocycles. The molecule has 1 N–H and O–H groups in total. The molecule has 11 nitrogen and oxygen atoms in total. The predicted molar refractivity (Wildman–Crippen MR) is 131 cm³/mol. The van der Waals surface area contributed by atoms with Crippen molar-refractivity contribution in [2.45, 2.75) is 19.1 Å². The van der Waals surface area contributed by atoms with Crippen molar-refractivity contribution in [1.82, 2.24) is 0 Å². The van der Waals surface area contributed by atoms with Gasteiger partial charge in [-0.3, -0.25) is 24.5 Å². The highest BCUT2D eigenvalue weighted by Gasteiger charge is 2.60. The number of hydroxylamine groups is 1. The lowest BCUT2D eigenvalue weighted by Gasteiger charge is -2.29. The Bertz CT molecular complexity index is 1380. The minimum Gasteiger partial charge on any atom is -0.504 e. The molecule has 2 saturated heterocycles. The number of carbonyl (C=O) groups is 2. The predicted octanol–water partition coefficient (Wildman–Crippen LogP) is 3.76. The maximum atomic E-state index is 13.7. The zero-order chi connectivity index (χ0) is 26.3. The Morgan fingerprint density at radius 3 is 2.46 bits per heavy atom. The van der Waals surface area contributed by atoms with Crippen molar-refractivity contribution in [2.24, 2.45) is 5.92 Å². The number of nitrogens with zero attached hydrogens (tertiary/aromatic N) is 3. The number of carbonyl (C=O) groups excluding carboxylic acids is 2. The summed E-state index contributed by atoms with van der Waals surface area (Å²) in [5, 5.41) is 22.8. The molecule has 11 heteroatoms. The lowest BCUT2D eigenvalue weighted by Crippen LogP contribution is -2.37. The number of anilines is 2. The highest BCUT2D eigenvalue weighted by Crippen LogP contribution is 2.49. The van der Waals surface area contributed by atoms with Crippen LogP contribution in [0.5, 0.6) is 17.2 Å². The van der Waals surface area contributed by atoms with Crippen LogP contribution in [0.4, 0.5) is 17.1 Å². The average Bonchev–Trinajstić information content (AvgIpc) is 3.41. The minimum absolute atomic E-state index is 0.103. The standard InChI is InChI=1S/C26H23N3O8/c1-3-36-19-10-8-16(9-11-19)27-25(31)22-23(15-7-12-20(30)21(13-15)35-2)28(37-24(22)26(27)32)17-5-4-6-18(14-17)29(33)34/h4-14,22-24,30H,3H2,1-2H3/t22-,23-,24+/m1/s1. The van der Waals surface area contributed by atoms with Crippen molar-refractivity contribution >= 4 is 28.9 Å². The quantitative estimate of drug-likeness (QED) is 0.290. The number of benzene rings is 3. The van der Waals surface area contributed by atoms with Gasteiger partial charge < -0.3 is 14.6 Å². The average molecular weight is 505 g/mol. The Balaban J connectivity index is 1.57. The molecule has 190 valence electrons. The van der Waals surface area contributed by atoms with E-state index in [4.69, 9.17) is 14.3 Å². The smallest absolute Gasteiger partial charge is 0.271 e. The normalized spacial score (nSPS) is 20.8. The molecule has 5 rings (SSSR count). The van der Waals surface area contributed by atoms with E-state index in [-0.39, 0.29) is 17.2 Å². The summed E-state index contributed by atoms with van der Waals surface area (Å²) in [4.78, 5) is 45.2. The minimum atomic E-state index is -1.16. The Kier molecular flexibility index (Phi) is 6.14. The second kappa shape index (κ2) is 9.43. The van der Waals surface area contributed by atoms with E-state index in [0.717, 1.165) is 4.90 Å². The number of nitro groups is 1. The zero-order valence-electron chi connectivity index (χ0n) is 19.9. The Morgan fingerprint density at radius 2 is 1.78 bits per heavy atom. The van der Waals surface area contributed by atoms with E-state index in [1.807, 2.05) is 6.92 Å². The first-order chi connectivity index (χ1) is 17.8. The van der Waals surface area contributed by atoms with Crippen LogP contribution >= 0.6 is 0 Å². The number of fused-ring (bicyclic) bond motifs is 1. The highest BCUT2D eigenvalue weighted by molar-refractivity contribution is 6.24. The molecule has 2 heterocycles. The van der Waals surface area contributed by atoms with Crippen LogP contribution in [0.3, 0.4) is 0 Å². The van der Waals surface area contributed by atoms with Gasteiger partial charge in [0.1, 0.15) is 11.7 Å². The van der Waals surface area contributed by atoms with Gasteiger partial charge >= 0.3 is 0 Å². The van der Waals surface area contributed by atoms with Gasteiger partial charge in [-0.2, -0.15) is 0 Å². The third kappa shape index (κ3) is 4.08. The lowest BCUT2D eigenvalue weighted by molar-refractivity contribution is -0.384. The molecule has 0 saturated carbocycles. The number of hydrogen-bond acceptors (Lipinski definition) is 9. The monoisotopic (exact) mass is 505 g/mol. The summed E-state index contributed by atoms with van der Waals surface area (Å²) in [5.41, 5.74) is 1.02. The Morgan fingerprint density at radius 1 is 1.03 bits per heavy atom. The van der Waals surface area contributed by atoms with Crippen molar-refractivity contribution in [3.8, 4) is 17.2 Å². The number of ether oxygens (including phenoxy) is 2. The maximum absolute atomic E-state index is 13.7. The van der Waals surface area contributed by atoms with Crippen LogP contribution in [0.1, 0.15) is 18.5 Å². The topological polar surface area (TPSA) is 132 Å².